The van der Waals surface area contributed by atoms with Crippen molar-refractivity contribution < 1.29 is 4.79 Å². The van der Waals surface area contributed by atoms with Crippen LogP contribution in [0.3, 0.4) is 0 Å². The highest BCUT2D eigenvalue weighted by atomic mass is 79.9. The Morgan fingerprint density at radius 3 is 1.58 bits per heavy atom. The van der Waals surface area contributed by atoms with Crippen molar-refractivity contribution in [2.24, 2.45) is 0 Å². The Morgan fingerprint density at radius 1 is 0.583 bits per heavy atom. The lowest BCUT2D eigenvalue weighted by atomic mass is 9.94. The summed E-state index contributed by atoms with van der Waals surface area (Å²) in [7, 11) is 0. The van der Waals surface area contributed by atoms with Crippen LogP contribution < -0.4 is 0 Å². The third-order valence-corrected chi connectivity index (χ3v) is 6.02. The Bertz CT molecular complexity index is 973. The molecular weight excluding hydrogens is 428 g/mol. The number of hydrogen-bond acceptors (Lipinski definition) is 1. The van der Waals surface area contributed by atoms with Gasteiger partial charge in [-0.2, -0.15) is 0 Å². The van der Waals surface area contributed by atoms with E-state index in [0.29, 0.717) is 0 Å². The van der Waals surface area contributed by atoms with E-state index in [9.17, 15) is 4.79 Å². The average molecular weight is 440 g/mol. The van der Waals surface area contributed by atoms with Crippen molar-refractivity contribution in [2.75, 3.05) is 0 Å². The molecule has 0 heterocycles. The molecular formula is C21H12Br2O. The van der Waals surface area contributed by atoms with Gasteiger partial charge in [-0.05, 0) is 60.7 Å². The number of ketones is 1. The fourth-order valence-electron chi connectivity index (χ4n) is 3.11. The maximum atomic E-state index is 13.2. The minimum absolute atomic E-state index is 0.0725. The summed E-state index contributed by atoms with van der Waals surface area (Å²) in [5, 5.41) is 0. The quantitative estimate of drug-likeness (QED) is 0.453. The molecule has 3 aromatic carbocycles. The summed E-state index contributed by atoms with van der Waals surface area (Å²) >= 11 is 7.08. The van der Waals surface area contributed by atoms with Crippen molar-refractivity contribution in [1.82, 2.24) is 0 Å². The summed E-state index contributed by atoms with van der Waals surface area (Å²) in [6.07, 6.45) is 0. The van der Waals surface area contributed by atoms with Crippen LogP contribution in [0.1, 0.15) is 27.0 Å². The number of hydrogen-bond donors (Lipinski definition) is 0. The highest BCUT2D eigenvalue weighted by Crippen LogP contribution is 2.44. The molecule has 0 radical (unpaired) electrons. The normalized spacial score (nSPS) is 13.3. The van der Waals surface area contributed by atoms with E-state index in [1.807, 2.05) is 60.7 Å². The Morgan fingerprint density at radius 2 is 1.04 bits per heavy atom. The van der Waals surface area contributed by atoms with Crippen LogP contribution in [0.2, 0.25) is 0 Å². The smallest absolute Gasteiger partial charge is 0.194 e. The molecule has 0 aliphatic heterocycles. The van der Waals surface area contributed by atoms with Crippen LogP contribution in [0, 0.1) is 0 Å². The Hall–Kier alpha value is -1.97. The number of benzene rings is 3. The van der Waals surface area contributed by atoms with Crippen LogP contribution in [-0.2, 0) is 0 Å². The number of rotatable bonds is 2. The topological polar surface area (TPSA) is 17.1 Å². The number of allylic oxidation sites excluding steroid dienone is 1. The van der Waals surface area contributed by atoms with Crippen molar-refractivity contribution in [2.45, 2.75) is 0 Å². The van der Waals surface area contributed by atoms with Crippen molar-refractivity contribution in [3.05, 3.63) is 104 Å². The average Bonchev–Trinajstić information content (AvgIpc) is 2.89. The lowest BCUT2D eigenvalue weighted by Crippen LogP contribution is -1.98. The SMILES string of the molecule is O=C1C(c2ccccc2)=C(c2ccccc2)c2cc(Br)c(Br)cc21. The zero-order valence-electron chi connectivity index (χ0n) is 12.6. The van der Waals surface area contributed by atoms with Crippen LogP contribution in [0.5, 0.6) is 0 Å². The van der Waals surface area contributed by atoms with E-state index in [1.165, 1.54) is 0 Å². The molecule has 0 saturated carbocycles. The lowest BCUT2D eigenvalue weighted by Gasteiger charge is -2.09. The second kappa shape index (κ2) is 6.15. The maximum Gasteiger partial charge on any atom is 0.194 e. The Balaban J connectivity index is 2.06. The Kier molecular flexibility index (Phi) is 3.99. The van der Waals surface area contributed by atoms with Gasteiger partial charge in [-0.1, -0.05) is 60.7 Å². The van der Waals surface area contributed by atoms with E-state index in [1.54, 1.807) is 0 Å². The van der Waals surface area contributed by atoms with E-state index in [-0.39, 0.29) is 5.78 Å². The Labute approximate surface area is 157 Å². The van der Waals surface area contributed by atoms with E-state index >= 15 is 0 Å². The van der Waals surface area contributed by atoms with E-state index in [4.69, 9.17) is 0 Å². The first-order chi connectivity index (χ1) is 11.7. The molecule has 116 valence electrons. The highest BCUT2D eigenvalue weighted by molar-refractivity contribution is 9.13. The van der Waals surface area contributed by atoms with Crippen molar-refractivity contribution in [3.8, 4) is 0 Å². The van der Waals surface area contributed by atoms with Gasteiger partial charge in [-0.15, -0.1) is 0 Å². The molecule has 0 unspecified atom stereocenters. The van der Waals surface area contributed by atoms with Crippen LogP contribution in [0.25, 0.3) is 11.1 Å². The zero-order valence-corrected chi connectivity index (χ0v) is 15.8. The summed E-state index contributed by atoms with van der Waals surface area (Å²) in [6.45, 7) is 0. The summed E-state index contributed by atoms with van der Waals surface area (Å²) in [5.74, 6) is 0.0725. The van der Waals surface area contributed by atoms with Crippen LogP contribution in [-0.4, -0.2) is 5.78 Å². The number of carbonyl (C=O) groups excluding carboxylic acids is 1. The molecule has 4 rings (SSSR count). The largest absolute Gasteiger partial charge is 0.289 e. The van der Waals surface area contributed by atoms with Gasteiger partial charge in [-0.25, -0.2) is 0 Å². The van der Waals surface area contributed by atoms with E-state index in [0.717, 1.165) is 42.3 Å². The summed E-state index contributed by atoms with van der Waals surface area (Å²) in [6, 6.07) is 23.9. The predicted octanol–water partition coefficient (Wildman–Crippen LogP) is 6.37. The molecule has 0 N–H and O–H groups in total. The first kappa shape index (κ1) is 15.6. The molecule has 0 atom stereocenters. The molecule has 3 heteroatoms. The molecule has 0 bridgehead atoms. The lowest BCUT2D eigenvalue weighted by molar-refractivity contribution is 0.105. The molecule has 24 heavy (non-hydrogen) atoms. The van der Waals surface area contributed by atoms with Gasteiger partial charge in [0, 0.05) is 25.7 Å². The first-order valence-electron chi connectivity index (χ1n) is 7.56. The second-order valence-electron chi connectivity index (χ2n) is 5.62. The molecule has 0 spiro atoms. The van der Waals surface area contributed by atoms with Gasteiger partial charge >= 0.3 is 0 Å². The van der Waals surface area contributed by atoms with Crippen molar-refractivity contribution in [3.63, 3.8) is 0 Å². The first-order valence-corrected chi connectivity index (χ1v) is 9.14. The van der Waals surface area contributed by atoms with Crippen molar-refractivity contribution in [1.29, 1.82) is 0 Å². The summed E-state index contributed by atoms with van der Waals surface area (Å²) in [4.78, 5) is 13.2. The van der Waals surface area contributed by atoms with Gasteiger partial charge in [0.05, 0.1) is 0 Å². The standard InChI is InChI=1S/C21H12Br2O/c22-17-11-15-16(12-18(17)23)21(24)20(14-9-5-2-6-10-14)19(15)13-7-3-1-4-8-13/h1-12H. The minimum Gasteiger partial charge on any atom is -0.289 e. The van der Waals surface area contributed by atoms with Gasteiger partial charge in [0.15, 0.2) is 5.78 Å². The molecule has 0 saturated heterocycles. The van der Waals surface area contributed by atoms with Gasteiger partial charge in [0.25, 0.3) is 0 Å². The van der Waals surface area contributed by atoms with Gasteiger partial charge < -0.3 is 0 Å². The van der Waals surface area contributed by atoms with Gasteiger partial charge in [0.1, 0.15) is 0 Å². The molecule has 0 fully saturated rings. The molecule has 0 aromatic heterocycles. The highest BCUT2D eigenvalue weighted by Gasteiger charge is 2.32. The maximum absolute atomic E-state index is 13.2. The third kappa shape index (κ3) is 2.48. The zero-order chi connectivity index (χ0) is 16.7. The van der Waals surface area contributed by atoms with Crippen molar-refractivity contribution >= 4 is 48.8 Å². The van der Waals surface area contributed by atoms with Crippen LogP contribution in [0.4, 0.5) is 0 Å². The molecule has 1 nitrogen and oxygen atoms in total. The van der Waals surface area contributed by atoms with E-state index in [2.05, 4.69) is 44.0 Å². The number of fused-ring (bicyclic) bond motifs is 1. The monoisotopic (exact) mass is 438 g/mol. The number of halogens is 2. The minimum atomic E-state index is 0.0725. The molecule has 3 aromatic rings. The molecule has 1 aliphatic rings. The second-order valence-corrected chi connectivity index (χ2v) is 7.33. The third-order valence-electron chi connectivity index (χ3n) is 4.18. The number of Topliss-reactive ketones (excluding diaryl/α,β-unsaturated/α-hetero) is 1. The summed E-state index contributed by atoms with van der Waals surface area (Å²) < 4.78 is 1.83. The summed E-state index contributed by atoms with van der Waals surface area (Å²) in [5.41, 5.74) is 5.47. The fourth-order valence-corrected chi connectivity index (χ4v) is 3.80. The predicted molar refractivity (Wildman–Crippen MR) is 105 cm³/mol. The molecule has 0 amide bonds. The van der Waals surface area contributed by atoms with Gasteiger partial charge in [0.2, 0.25) is 0 Å². The fraction of sp³-hybridized carbons (Fsp3) is 0. The van der Waals surface area contributed by atoms with E-state index < -0.39 is 0 Å². The number of carbonyl (C=O) groups is 1. The van der Waals surface area contributed by atoms with Crippen LogP contribution >= 0.6 is 31.9 Å². The van der Waals surface area contributed by atoms with Crippen LogP contribution in [0.15, 0.2) is 81.7 Å². The van der Waals surface area contributed by atoms with Gasteiger partial charge in [-0.3, -0.25) is 4.79 Å². The molecule has 1 aliphatic carbocycles.